The normalized spacial score (nSPS) is 13.1. The van der Waals surface area contributed by atoms with Gasteiger partial charge in [0.2, 0.25) is 0 Å². The van der Waals surface area contributed by atoms with Crippen LogP contribution in [0.3, 0.4) is 0 Å². The predicted molar refractivity (Wildman–Crippen MR) is 85.5 cm³/mol. The molecule has 0 atom stereocenters. The third-order valence-corrected chi connectivity index (χ3v) is 4.01. The number of hydrogen-bond donors (Lipinski definition) is 1. The van der Waals surface area contributed by atoms with Crippen molar-refractivity contribution in [2.75, 3.05) is 13.7 Å². The number of fused-ring (bicyclic) bond motifs is 1. The molecule has 0 bridgehead atoms. The Kier molecular flexibility index (Phi) is 4.04. The first-order valence-electron chi connectivity index (χ1n) is 7.38. The van der Waals surface area contributed by atoms with Gasteiger partial charge < -0.3 is 9.84 Å². The van der Waals surface area contributed by atoms with Gasteiger partial charge in [-0.05, 0) is 36.2 Å². The van der Waals surface area contributed by atoms with Gasteiger partial charge in [-0.1, -0.05) is 18.2 Å². The number of amides is 2. The summed E-state index contributed by atoms with van der Waals surface area (Å²) < 4.78 is 5.26. The SMILES string of the molecule is COc1ccccc1CCN1C(=O)c2ccc(C(=O)O)cc2C1=O. The van der Waals surface area contributed by atoms with E-state index in [9.17, 15) is 14.4 Å². The minimum atomic E-state index is -1.13. The Hall–Kier alpha value is -3.15. The van der Waals surface area contributed by atoms with E-state index < -0.39 is 17.8 Å². The van der Waals surface area contributed by atoms with Gasteiger partial charge in [-0.3, -0.25) is 14.5 Å². The molecule has 1 heterocycles. The first-order valence-corrected chi connectivity index (χ1v) is 7.38. The first-order chi connectivity index (χ1) is 11.5. The van der Waals surface area contributed by atoms with Gasteiger partial charge in [0.15, 0.2) is 0 Å². The number of hydrogen-bond acceptors (Lipinski definition) is 4. The maximum Gasteiger partial charge on any atom is 0.335 e. The van der Waals surface area contributed by atoms with E-state index in [0.717, 1.165) is 10.5 Å². The van der Waals surface area contributed by atoms with E-state index in [0.29, 0.717) is 12.2 Å². The fourth-order valence-corrected chi connectivity index (χ4v) is 2.77. The van der Waals surface area contributed by atoms with Crippen molar-refractivity contribution in [1.29, 1.82) is 0 Å². The molecule has 0 spiro atoms. The van der Waals surface area contributed by atoms with E-state index >= 15 is 0 Å². The van der Waals surface area contributed by atoms with Crippen molar-refractivity contribution in [3.8, 4) is 5.75 Å². The number of carbonyl (C=O) groups is 3. The highest BCUT2D eigenvalue weighted by atomic mass is 16.5. The summed E-state index contributed by atoms with van der Waals surface area (Å²) in [7, 11) is 1.56. The molecule has 2 aromatic rings. The largest absolute Gasteiger partial charge is 0.496 e. The van der Waals surface area contributed by atoms with Crippen LogP contribution in [0.4, 0.5) is 0 Å². The van der Waals surface area contributed by atoms with E-state index in [4.69, 9.17) is 9.84 Å². The van der Waals surface area contributed by atoms with Gasteiger partial charge in [0.05, 0.1) is 23.8 Å². The van der Waals surface area contributed by atoms with Crippen LogP contribution in [0.25, 0.3) is 0 Å². The summed E-state index contributed by atoms with van der Waals surface area (Å²) >= 11 is 0. The molecule has 0 unspecified atom stereocenters. The molecule has 1 aliphatic heterocycles. The Morgan fingerprint density at radius 2 is 1.79 bits per heavy atom. The lowest BCUT2D eigenvalue weighted by atomic mass is 10.1. The number of ether oxygens (including phenoxy) is 1. The number of imide groups is 1. The number of aromatic carboxylic acids is 1. The Morgan fingerprint density at radius 1 is 1.08 bits per heavy atom. The van der Waals surface area contributed by atoms with Crippen LogP contribution < -0.4 is 4.74 Å². The highest BCUT2D eigenvalue weighted by Crippen LogP contribution is 2.25. The van der Waals surface area contributed by atoms with E-state index in [2.05, 4.69) is 0 Å². The fourth-order valence-electron chi connectivity index (χ4n) is 2.77. The number of benzene rings is 2. The second-order valence-corrected chi connectivity index (χ2v) is 5.39. The number of carbonyl (C=O) groups excluding carboxylic acids is 2. The van der Waals surface area contributed by atoms with Gasteiger partial charge in [-0.15, -0.1) is 0 Å². The second-order valence-electron chi connectivity index (χ2n) is 5.39. The molecular weight excluding hydrogens is 310 g/mol. The van der Waals surface area contributed by atoms with Crippen molar-refractivity contribution in [2.24, 2.45) is 0 Å². The van der Waals surface area contributed by atoms with Crippen LogP contribution in [0.1, 0.15) is 36.6 Å². The van der Waals surface area contributed by atoms with Gasteiger partial charge in [-0.25, -0.2) is 4.79 Å². The third kappa shape index (κ3) is 2.62. The molecule has 6 heteroatoms. The molecule has 3 rings (SSSR count). The summed E-state index contributed by atoms with van der Waals surface area (Å²) in [5.41, 5.74) is 1.26. The summed E-state index contributed by atoms with van der Waals surface area (Å²) in [5, 5.41) is 9.02. The van der Waals surface area contributed by atoms with Crippen LogP contribution in [0, 0.1) is 0 Å². The van der Waals surface area contributed by atoms with Crippen LogP contribution in [-0.4, -0.2) is 41.4 Å². The monoisotopic (exact) mass is 325 g/mol. The molecule has 24 heavy (non-hydrogen) atoms. The van der Waals surface area contributed by atoms with E-state index in [1.54, 1.807) is 7.11 Å². The van der Waals surface area contributed by atoms with Crippen molar-refractivity contribution in [3.05, 3.63) is 64.7 Å². The number of carboxylic acid groups (broad SMARTS) is 1. The quantitative estimate of drug-likeness (QED) is 0.852. The average molecular weight is 325 g/mol. The van der Waals surface area contributed by atoms with Gasteiger partial charge >= 0.3 is 5.97 Å². The molecule has 0 radical (unpaired) electrons. The smallest absolute Gasteiger partial charge is 0.335 e. The van der Waals surface area contributed by atoms with Crippen molar-refractivity contribution in [1.82, 2.24) is 4.90 Å². The van der Waals surface area contributed by atoms with Crippen LogP contribution >= 0.6 is 0 Å². The maximum atomic E-state index is 12.4. The van der Waals surface area contributed by atoms with Crippen LogP contribution in [0.5, 0.6) is 5.75 Å². The number of carboxylic acids is 1. The molecule has 0 fully saturated rings. The topological polar surface area (TPSA) is 83.9 Å². The number of rotatable bonds is 5. The molecule has 1 N–H and O–H groups in total. The minimum absolute atomic E-state index is 0.0125. The van der Waals surface area contributed by atoms with Gasteiger partial charge in [-0.2, -0.15) is 0 Å². The van der Waals surface area contributed by atoms with Crippen molar-refractivity contribution >= 4 is 17.8 Å². The Bertz CT molecular complexity index is 843. The van der Waals surface area contributed by atoms with E-state index in [1.165, 1.54) is 18.2 Å². The standard InChI is InChI=1S/C18H15NO5/c1-24-15-5-3-2-4-11(15)8-9-19-16(20)13-7-6-12(18(22)23)10-14(13)17(19)21/h2-7,10H,8-9H2,1H3,(H,22,23). The van der Waals surface area contributed by atoms with Crippen molar-refractivity contribution in [2.45, 2.75) is 6.42 Å². The number of para-hydroxylation sites is 1. The van der Waals surface area contributed by atoms with Crippen molar-refractivity contribution in [3.63, 3.8) is 0 Å². The zero-order valence-electron chi connectivity index (χ0n) is 13.0. The molecule has 2 aromatic carbocycles. The summed E-state index contributed by atoms with van der Waals surface area (Å²) in [6, 6.07) is 11.4. The van der Waals surface area contributed by atoms with Crippen LogP contribution in [0.2, 0.25) is 0 Å². The van der Waals surface area contributed by atoms with Gasteiger partial charge in [0, 0.05) is 6.54 Å². The molecule has 0 saturated carbocycles. The molecular formula is C18H15NO5. The lowest BCUT2D eigenvalue weighted by Gasteiger charge is -2.15. The zero-order chi connectivity index (χ0) is 17.3. The first kappa shape index (κ1) is 15.7. The minimum Gasteiger partial charge on any atom is -0.496 e. The summed E-state index contributed by atoms with van der Waals surface area (Å²) in [4.78, 5) is 37.0. The Balaban J connectivity index is 1.82. The second kappa shape index (κ2) is 6.16. The zero-order valence-corrected chi connectivity index (χ0v) is 13.0. The van der Waals surface area contributed by atoms with Gasteiger partial charge in [0.1, 0.15) is 5.75 Å². The van der Waals surface area contributed by atoms with Crippen LogP contribution in [-0.2, 0) is 6.42 Å². The summed E-state index contributed by atoms with van der Waals surface area (Å²) in [5.74, 6) is -1.30. The highest BCUT2D eigenvalue weighted by molar-refractivity contribution is 6.21. The molecule has 0 aromatic heterocycles. The molecule has 2 amide bonds. The molecule has 122 valence electrons. The Morgan fingerprint density at radius 3 is 2.50 bits per heavy atom. The molecule has 0 saturated heterocycles. The average Bonchev–Trinajstić information content (AvgIpc) is 2.83. The molecule has 0 aliphatic carbocycles. The number of methoxy groups -OCH3 is 1. The van der Waals surface area contributed by atoms with E-state index in [1.807, 2.05) is 24.3 Å². The molecule has 1 aliphatic rings. The lowest BCUT2D eigenvalue weighted by molar-refractivity contribution is 0.0654. The summed E-state index contributed by atoms with van der Waals surface area (Å²) in [6.07, 6.45) is 0.460. The van der Waals surface area contributed by atoms with E-state index in [-0.39, 0.29) is 23.2 Å². The third-order valence-electron chi connectivity index (χ3n) is 4.01. The summed E-state index contributed by atoms with van der Waals surface area (Å²) in [6.45, 7) is 0.203. The lowest BCUT2D eigenvalue weighted by Crippen LogP contribution is -2.31. The Labute approximate surface area is 138 Å². The van der Waals surface area contributed by atoms with Gasteiger partial charge in [0.25, 0.3) is 11.8 Å². The molecule has 6 nitrogen and oxygen atoms in total. The fraction of sp³-hybridized carbons (Fsp3) is 0.167. The maximum absolute atomic E-state index is 12.4. The highest BCUT2D eigenvalue weighted by Gasteiger charge is 2.35. The number of nitrogens with zero attached hydrogens (tertiary/aromatic N) is 1. The predicted octanol–water partition coefficient (Wildman–Crippen LogP) is 2.23. The van der Waals surface area contributed by atoms with Crippen molar-refractivity contribution < 1.29 is 24.2 Å². The van der Waals surface area contributed by atoms with Crippen LogP contribution in [0.15, 0.2) is 42.5 Å².